The average Bonchev–Trinajstić information content (AvgIpc) is 2.05. The summed E-state index contributed by atoms with van der Waals surface area (Å²) in [5.74, 6) is 0. The zero-order chi connectivity index (χ0) is 9.90. The van der Waals surface area contributed by atoms with Crippen LogP contribution in [0.1, 0.15) is 39.0 Å². The second-order valence-corrected chi connectivity index (χ2v) is 4.10. The van der Waals surface area contributed by atoms with Gasteiger partial charge in [0.15, 0.2) is 6.04 Å². The molecule has 76 valence electrons. The molecule has 0 aromatic rings. The van der Waals surface area contributed by atoms with Crippen LogP contribution in [0.4, 0.5) is 8.78 Å². The number of nitroso groups, excluding NO2 is 1. The summed E-state index contributed by atoms with van der Waals surface area (Å²) in [6.45, 7) is 1.75. The molecule has 1 saturated carbocycles. The Balaban J connectivity index is 2.68. The van der Waals surface area contributed by atoms with E-state index in [1.54, 1.807) is 6.92 Å². The third-order valence-corrected chi connectivity index (χ3v) is 3.06. The van der Waals surface area contributed by atoms with Gasteiger partial charge in [0.05, 0.1) is 0 Å². The number of nitrogens with zero attached hydrogens (tertiary/aromatic N) is 1. The normalized spacial score (nSPS) is 24.3. The van der Waals surface area contributed by atoms with Gasteiger partial charge < -0.3 is 0 Å². The molecule has 0 N–H and O–H groups in total. The van der Waals surface area contributed by atoms with Crippen molar-refractivity contribution in [1.29, 1.82) is 0 Å². The summed E-state index contributed by atoms with van der Waals surface area (Å²) in [5.41, 5.74) is -0.561. The molecule has 0 radical (unpaired) electrons. The molecule has 0 spiro atoms. The lowest BCUT2D eigenvalue weighted by Gasteiger charge is -2.36. The van der Waals surface area contributed by atoms with Crippen LogP contribution in [-0.2, 0) is 0 Å². The minimum atomic E-state index is -2.61. The van der Waals surface area contributed by atoms with Gasteiger partial charge in [-0.15, -0.1) is 0 Å². The highest BCUT2D eigenvalue weighted by molar-refractivity contribution is 4.91. The number of alkyl halides is 2. The van der Waals surface area contributed by atoms with Crippen LogP contribution in [0.15, 0.2) is 5.18 Å². The van der Waals surface area contributed by atoms with Gasteiger partial charge in [0, 0.05) is 0 Å². The Hall–Kier alpha value is -0.540. The van der Waals surface area contributed by atoms with E-state index in [4.69, 9.17) is 0 Å². The van der Waals surface area contributed by atoms with Crippen LogP contribution in [0.3, 0.4) is 0 Å². The zero-order valence-corrected chi connectivity index (χ0v) is 7.80. The summed E-state index contributed by atoms with van der Waals surface area (Å²) in [7, 11) is 0. The summed E-state index contributed by atoms with van der Waals surface area (Å²) in [5, 5.41) is 2.58. The van der Waals surface area contributed by atoms with Crippen molar-refractivity contribution in [2.75, 3.05) is 0 Å². The molecule has 0 aromatic carbocycles. The van der Waals surface area contributed by atoms with Gasteiger partial charge in [-0.1, -0.05) is 31.4 Å². The van der Waals surface area contributed by atoms with E-state index in [1.807, 2.05) is 0 Å². The third-order valence-electron chi connectivity index (χ3n) is 3.06. The highest BCUT2D eigenvalue weighted by Gasteiger charge is 2.41. The Kier molecular flexibility index (Phi) is 3.33. The Morgan fingerprint density at radius 2 is 1.77 bits per heavy atom. The maximum atomic E-state index is 12.4. The lowest BCUT2D eigenvalue weighted by Crippen LogP contribution is -2.37. The molecule has 0 saturated heterocycles. The van der Waals surface area contributed by atoms with Gasteiger partial charge in [0.2, 0.25) is 0 Å². The van der Waals surface area contributed by atoms with Crippen LogP contribution in [0.2, 0.25) is 0 Å². The number of hydrogen-bond acceptors (Lipinski definition) is 2. The molecule has 0 aromatic heterocycles. The van der Waals surface area contributed by atoms with Crippen molar-refractivity contribution in [2.24, 2.45) is 10.6 Å². The summed E-state index contributed by atoms with van der Waals surface area (Å²) in [6, 6.07) is -1.31. The van der Waals surface area contributed by atoms with E-state index in [2.05, 4.69) is 5.18 Å². The molecular weight excluding hydrogens is 176 g/mol. The molecule has 1 aliphatic carbocycles. The molecule has 0 aliphatic heterocycles. The maximum absolute atomic E-state index is 12.4. The van der Waals surface area contributed by atoms with Gasteiger partial charge >= 0.3 is 0 Å². The van der Waals surface area contributed by atoms with Gasteiger partial charge in [-0.25, -0.2) is 8.78 Å². The van der Waals surface area contributed by atoms with Crippen LogP contribution >= 0.6 is 0 Å². The lowest BCUT2D eigenvalue weighted by molar-refractivity contribution is 0.0313. The van der Waals surface area contributed by atoms with E-state index in [9.17, 15) is 13.7 Å². The largest absolute Gasteiger partial charge is 0.264 e. The van der Waals surface area contributed by atoms with Crippen molar-refractivity contribution in [1.82, 2.24) is 0 Å². The average molecular weight is 191 g/mol. The number of halogens is 2. The highest BCUT2D eigenvalue weighted by Crippen LogP contribution is 2.42. The fraction of sp³-hybridized carbons (Fsp3) is 1.00. The van der Waals surface area contributed by atoms with Crippen LogP contribution < -0.4 is 0 Å². The third kappa shape index (κ3) is 2.23. The zero-order valence-electron chi connectivity index (χ0n) is 7.80. The molecule has 1 aliphatic rings. The molecule has 1 rings (SSSR count). The maximum Gasteiger partial charge on any atom is 0.264 e. The second-order valence-electron chi connectivity index (χ2n) is 4.10. The molecule has 0 amide bonds. The summed E-state index contributed by atoms with van der Waals surface area (Å²) >= 11 is 0. The first-order valence-electron chi connectivity index (χ1n) is 4.71. The SMILES string of the molecule is CC1(C(N=O)C(F)F)CCCCC1. The van der Waals surface area contributed by atoms with E-state index in [0.717, 1.165) is 19.3 Å². The second kappa shape index (κ2) is 4.11. The molecule has 0 bridgehead atoms. The van der Waals surface area contributed by atoms with Crippen molar-refractivity contribution in [3.63, 3.8) is 0 Å². The van der Waals surface area contributed by atoms with E-state index < -0.39 is 17.9 Å². The summed E-state index contributed by atoms with van der Waals surface area (Å²) in [4.78, 5) is 10.3. The highest BCUT2D eigenvalue weighted by atomic mass is 19.3. The molecular formula is C9H15F2NO. The topological polar surface area (TPSA) is 29.4 Å². The summed E-state index contributed by atoms with van der Waals surface area (Å²) in [6.07, 6.45) is 1.76. The van der Waals surface area contributed by atoms with E-state index in [0.29, 0.717) is 12.8 Å². The van der Waals surface area contributed by atoms with Gasteiger partial charge in [-0.05, 0) is 18.3 Å². The predicted molar refractivity (Wildman–Crippen MR) is 46.8 cm³/mol. The first-order valence-corrected chi connectivity index (χ1v) is 4.71. The predicted octanol–water partition coefficient (Wildman–Crippen LogP) is 3.36. The van der Waals surface area contributed by atoms with Gasteiger partial charge in [-0.3, -0.25) is 0 Å². The first kappa shape index (κ1) is 10.5. The molecule has 1 unspecified atom stereocenters. The van der Waals surface area contributed by atoms with Crippen molar-refractivity contribution >= 4 is 0 Å². The Morgan fingerprint density at radius 1 is 1.23 bits per heavy atom. The number of rotatable bonds is 3. The minimum Gasteiger partial charge on any atom is -0.208 e. The molecule has 1 fully saturated rings. The van der Waals surface area contributed by atoms with Gasteiger partial charge in [-0.2, -0.15) is 4.91 Å². The van der Waals surface area contributed by atoms with Crippen LogP contribution in [0, 0.1) is 10.3 Å². The van der Waals surface area contributed by atoms with Crippen LogP contribution in [0.5, 0.6) is 0 Å². The van der Waals surface area contributed by atoms with Crippen molar-refractivity contribution in [3.8, 4) is 0 Å². The fourth-order valence-corrected chi connectivity index (χ4v) is 2.13. The van der Waals surface area contributed by atoms with Crippen molar-refractivity contribution in [2.45, 2.75) is 51.5 Å². The lowest BCUT2D eigenvalue weighted by atomic mass is 9.71. The monoisotopic (exact) mass is 191 g/mol. The van der Waals surface area contributed by atoms with Crippen molar-refractivity contribution in [3.05, 3.63) is 4.91 Å². The van der Waals surface area contributed by atoms with E-state index in [-0.39, 0.29) is 0 Å². The molecule has 4 heteroatoms. The smallest absolute Gasteiger partial charge is 0.208 e. The Labute approximate surface area is 76.7 Å². The van der Waals surface area contributed by atoms with Gasteiger partial charge in [0.25, 0.3) is 6.43 Å². The molecule has 2 nitrogen and oxygen atoms in total. The van der Waals surface area contributed by atoms with Gasteiger partial charge in [0.1, 0.15) is 0 Å². The molecule has 1 atom stereocenters. The quantitative estimate of drug-likeness (QED) is 0.629. The molecule has 0 heterocycles. The summed E-state index contributed by atoms with van der Waals surface area (Å²) < 4.78 is 24.9. The number of hydrogen-bond donors (Lipinski definition) is 0. The van der Waals surface area contributed by atoms with E-state index in [1.165, 1.54) is 0 Å². The Morgan fingerprint density at radius 3 is 2.15 bits per heavy atom. The fourth-order valence-electron chi connectivity index (χ4n) is 2.13. The van der Waals surface area contributed by atoms with E-state index >= 15 is 0 Å². The minimum absolute atomic E-state index is 0.561. The van der Waals surface area contributed by atoms with Crippen molar-refractivity contribution < 1.29 is 8.78 Å². The van der Waals surface area contributed by atoms with Crippen LogP contribution in [-0.4, -0.2) is 12.5 Å². The first-order chi connectivity index (χ1) is 6.10. The molecule has 13 heavy (non-hydrogen) atoms. The Bertz CT molecular complexity index is 178. The van der Waals surface area contributed by atoms with Crippen LogP contribution in [0.25, 0.3) is 0 Å². The standard InChI is InChI=1S/C9H15F2NO/c1-9(5-3-2-4-6-9)7(12-13)8(10)11/h7-8H,2-6H2,1H3.